The molecule has 1 aliphatic heterocycles. The molecule has 9 nitrogen and oxygen atoms in total. The Bertz CT molecular complexity index is 976. The minimum absolute atomic E-state index is 0.0511. The Morgan fingerprint density at radius 3 is 2.85 bits per heavy atom. The quantitative estimate of drug-likeness (QED) is 0.702. The lowest BCUT2D eigenvalue weighted by Crippen LogP contribution is -2.60. The van der Waals surface area contributed by atoms with Crippen LogP contribution in [0.1, 0.15) is 31.3 Å². The highest BCUT2D eigenvalue weighted by atomic mass is 16.2. The number of imidazole rings is 1. The zero-order valence-electron chi connectivity index (χ0n) is 15.3. The van der Waals surface area contributed by atoms with E-state index < -0.39 is 6.03 Å². The lowest BCUT2D eigenvalue weighted by molar-refractivity contribution is 0.242. The van der Waals surface area contributed by atoms with Crippen LogP contribution >= 0.6 is 0 Å². The first-order valence-corrected chi connectivity index (χ1v) is 8.94. The maximum Gasteiger partial charge on any atom is 0.312 e. The van der Waals surface area contributed by atoms with Crippen molar-refractivity contribution in [2.24, 2.45) is 5.73 Å². The number of nitrogens with zero attached hydrogens (tertiary/aromatic N) is 6. The molecular formula is C18H22N8O. The van der Waals surface area contributed by atoms with Gasteiger partial charge in [0.05, 0.1) is 29.8 Å². The molecule has 2 amide bonds. The SMILES string of the molecule is CC(C)n1cnc2cnc(Cc3ccnc(N4CC(NC(N)=O)C4)n3)cc21. The Balaban J connectivity index is 1.49. The lowest BCUT2D eigenvalue weighted by atomic mass is 10.1. The average Bonchev–Trinajstić information content (AvgIpc) is 3.01. The Labute approximate surface area is 156 Å². The van der Waals surface area contributed by atoms with Gasteiger partial charge >= 0.3 is 6.03 Å². The highest BCUT2D eigenvalue weighted by Gasteiger charge is 2.29. The first-order valence-electron chi connectivity index (χ1n) is 8.94. The summed E-state index contributed by atoms with van der Waals surface area (Å²) < 4.78 is 2.14. The molecule has 27 heavy (non-hydrogen) atoms. The number of carbonyl (C=O) groups is 1. The van der Waals surface area contributed by atoms with Gasteiger partial charge in [-0.15, -0.1) is 0 Å². The van der Waals surface area contributed by atoms with E-state index in [1.54, 1.807) is 12.4 Å². The van der Waals surface area contributed by atoms with Crippen LogP contribution in [0.2, 0.25) is 0 Å². The summed E-state index contributed by atoms with van der Waals surface area (Å²) in [5.74, 6) is 0.656. The summed E-state index contributed by atoms with van der Waals surface area (Å²) in [7, 11) is 0. The number of amides is 2. The van der Waals surface area contributed by atoms with Crippen molar-refractivity contribution in [1.29, 1.82) is 0 Å². The molecule has 0 unspecified atom stereocenters. The molecule has 1 aliphatic rings. The van der Waals surface area contributed by atoms with Crippen molar-refractivity contribution in [1.82, 2.24) is 29.8 Å². The number of fused-ring (bicyclic) bond motifs is 1. The molecule has 3 aromatic heterocycles. The maximum absolute atomic E-state index is 10.9. The first kappa shape index (κ1) is 17.2. The average molecular weight is 366 g/mol. The van der Waals surface area contributed by atoms with Gasteiger partial charge in [0.15, 0.2) is 0 Å². The Morgan fingerprint density at radius 2 is 2.11 bits per heavy atom. The number of hydrogen-bond acceptors (Lipinski definition) is 6. The van der Waals surface area contributed by atoms with E-state index in [2.05, 4.69) is 49.7 Å². The fourth-order valence-electron chi connectivity index (χ4n) is 3.24. The maximum atomic E-state index is 10.9. The number of nitrogens with two attached hydrogens (primary N) is 1. The monoisotopic (exact) mass is 366 g/mol. The molecule has 4 heterocycles. The summed E-state index contributed by atoms with van der Waals surface area (Å²) in [6.07, 6.45) is 6.03. The zero-order chi connectivity index (χ0) is 19.0. The van der Waals surface area contributed by atoms with E-state index in [0.717, 1.165) is 22.4 Å². The van der Waals surface area contributed by atoms with Crippen LogP contribution < -0.4 is 16.0 Å². The van der Waals surface area contributed by atoms with Gasteiger partial charge in [-0.1, -0.05) is 0 Å². The van der Waals surface area contributed by atoms with Crippen molar-refractivity contribution >= 4 is 23.0 Å². The number of urea groups is 1. The number of aromatic nitrogens is 5. The van der Waals surface area contributed by atoms with E-state index in [4.69, 9.17) is 5.73 Å². The standard InChI is InChI=1S/C18H22N8O/c1-11(2)26-10-22-15-7-21-13(6-16(15)26)5-12-3-4-20-18(24-12)25-8-14(9-25)23-17(19)27/h3-4,6-7,10-11,14H,5,8-9H2,1-2H3,(H3,19,23,27). The van der Waals surface area contributed by atoms with Crippen LogP contribution in [0.15, 0.2) is 30.9 Å². The molecule has 140 valence electrons. The first-order chi connectivity index (χ1) is 13.0. The molecule has 0 atom stereocenters. The van der Waals surface area contributed by atoms with Gasteiger partial charge in [0.25, 0.3) is 0 Å². The van der Waals surface area contributed by atoms with Gasteiger partial charge in [0.2, 0.25) is 5.95 Å². The second kappa shape index (κ2) is 6.82. The molecule has 0 bridgehead atoms. The van der Waals surface area contributed by atoms with Crippen LogP contribution in [-0.4, -0.2) is 49.7 Å². The number of carbonyl (C=O) groups excluding carboxylic acids is 1. The van der Waals surface area contributed by atoms with Crippen LogP contribution in [-0.2, 0) is 6.42 Å². The molecule has 1 fully saturated rings. The molecule has 0 aromatic carbocycles. The van der Waals surface area contributed by atoms with Crippen molar-refractivity contribution < 1.29 is 4.79 Å². The molecule has 4 rings (SSSR count). The van der Waals surface area contributed by atoms with Gasteiger partial charge in [0, 0.05) is 37.4 Å². The number of anilines is 1. The third kappa shape index (κ3) is 3.53. The minimum Gasteiger partial charge on any atom is -0.352 e. The zero-order valence-corrected chi connectivity index (χ0v) is 15.3. The Hall–Kier alpha value is -3.23. The number of hydrogen-bond donors (Lipinski definition) is 2. The number of primary amides is 1. The van der Waals surface area contributed by atoms with Gasteiger partial charge in [-0.05, 0) is 26.0 Å². The van der Waals surface area contributed by atoms with E-state index in [1.165, 1.54) is 0 Å². The van der Waals surface area contributed by atoms with E-state index in [-0.39, 0.29) is 6.04 Å². The van der Waals surface area contributed by atoms with Gasteiger partial charge < -0.3 is 20.5 Å². The van der Waals surface area contributed by atoms with E-state index in [1.807, 2.05) is 17.3 Å². The minimum atomic E-state index is -0.503. The second-order valence-electron chi connectivity index (χ2n) is 7.05. The summed E-state index contributed by atoms with van der Waals surface area (Å²) in [5, 5.41) is 2.69. The van der Waals surface area contributed by atoms with Crippen LogP contribution in [0.25, 0.3) is 11.0 Å². The molecule has 1 saturated heterocycles. The molecule has 0 saturated carbocycles. The molecule has 0 spiro atoms. The predicted molar refractivity (Wildman–Crippen MR) is 101 cm³/mol. The largest absolute Gasteiger partial charge is 0.352 e. The fourth-order valence-corrected chi connectivity index (χ4v) is 3.24. The summed E-state index contributed by atoms with van der Waals surface area (Å²) in [6, 6.07) is 3.85. The van der Waals surface area contributed by atoms with Crippen molar-refractivity contribution in [2.45, 2.75) is 32.4 Å². The van der Waals surface area contributed by atoms with Crippen molar-refractivity contribution in [3.8, 4) is 0 Å². The summed E-state index contributed by atoms with van der Waals surface area (Å²) in [6.45, 7) is 5.57. The smallest absolute Gasteiger partial charge is 0.312 e. The normalized spacial score (nSPS) is 14.6. The molecule has 0 aliphatic carbocycles. The van der Waals surface area contributed by atoms with Crippen LogP contribution in [0.4, 0.5) is 10.7 Å². The van der Waals surface area contributed by atoms with E-state index >= 15 is 0 Å². The van der Waals surface area contributed by atoms with Gasteiger partial charge in [-0.25, -0.2) is 19.7 Å². The third-order valence-corrected chi connectivity index (χ3v) is 4.65. The second-order valence-corrected chi connectivity index (χ2v) is 7.05. The van der Waals surface area contributed by atoms with Gasteiger partial charge in [0.1, 0.15) is 5.52 Å². The summed E-state index contributed by atoms with van der Waals surface area (Å²) in [4.78, 5) is 30.8. The fraction of sp³-hybridized carbons (Fsp3) is 0.389. The highest BCUT2D eigenvalue weighted by Crippen LogP contribution is 2.20. The Kier molecular flexibility index (Phi) is 4.35. The van der Waals surface area contributed by atoms with Crippen molar-refractivity contribution in [2.75, 3.05) is 18.0 Å². The summed E-state index contributed by atoms with van der Waals surface area (Å²) >= 11 is 0. The summed E-state index contributed by atoms with van der Waals surface area (Å²) in [5.41, 5.74) is 8.95. The number of pyridine rings is 1. The van der Waals surface area contributed by atoms with Crippen LogP contribution in [0.3, 0.4) is 0 Å². The van der Waals surface area contributed by atoms with Gasteiger partial charge in [-0.2, -0.15) is 0 Å². The van der Waals surface area contributed by atoms with Crippen LogP contribution in [0, 0.1) is 0 Å². The molecule has 0 radical (unpaired) electrons. The number of rotatable bonds is 5. The van der Waals surface area contributed by atoms with Gasteiger partial charge in [-0.3, -0.25) is 4.98 Å². The van der Waals surface area contributed by atoms with E-state index in [0.29, 0.717) is 31.5 Å². The topological polar surface area (TPSA) is 115 Å². The number of nitrogens with one attached hydrogen (secondary N) is 1. The Morgan fingerprint density at radius 1 is 1.30 bits per heavy atom. The van der Waals surface area contributed by atoms with Crippen molar-refractivity contribution in [3.63, 3.8) is 0 Å². The highest BCUT2D eigenvalue weighted by molar-refractivity contribution is 5.75. The molecule has 9 heteroatoms. The third-order valence-electron chi connectivity index (χ3n) is 4.65. The van der Waals surface area contributed by atoms with E-state index in [9.17, 15) is 4.79 Å². The molecular weight excluding hydrogens is 344 g/mol. The van der Waals surface area contributed by atoms with Crippen LogP contribution in [0.5, 0.6) is 0 Å². The molecule has 3 N–H and O–H groups in total. The lowest BCUT2D eigenvalue weighted by Gasteiger charge is -2.39. The molecule has 3 aromatic rings. The predicted octanol–water partition coefficient (Wildman–Crippen LogP) is 1.25. The van der Waals surface area contributed by atoms with Crippen molar-refractivity contribution in [3.05, 3.63) is 42.2 Å².